The van der Waals surface area contributed by atoms with Gasteiger partial charge in [-0.25, -0.2) is 0 Å². The molecule has 2 bridgehead atoms. The number of hydrogen-bond acceptors (Lipinski definition) is 12. The molecule has 0 spiro atoms. The van der Waals surface area contributed by atoms with Crippen molar-refractivity contribution >= 4 is 40.8 Å². The van der Waals surface area contributed by atoms with Crippen LogP contribution in [0.3, 0.4) is 0 Å². The number of fused-ring (bicyclic) bond motifs is 3. The van der Waals surface area contributed by atoms with E-state index in [1.54, 1.807) is 6.92 Å². The van der Waals surface area contributed by atoms with Gasteiger partial charge < -0.3 is 45.1 Å². The van der Waals surface area contributed by atoms with E-state index in [0.29, 0.717) is 36.9 Å². The predicted molar refractivity (Wildman–Crippen MR) is 281 cm³/mol. The van der Waals surface area contributed by atoms with Gasteiger partial charge in [-0.1, -0.05) is 84.8 Å². The topological polar surface area (TPSA) is 135 Å². The molecule has 0 aromatic heterocycles. The maximum atomic E-state index is 11.8. The molecule has 0 unspecified atom stereocenters. The molecule has 0 atom stereocenters. The number of morpholine rings is 1. The van der Waals surface area contributed by atoms with Crippen molar-refractivity contribution in [2.24, 2.45) is 27.6 Å². The standard InChI is InChI=1S/C13H25NO2S.C13H18O2.C10H20N.C8H16O2.C7H14O2.C4H8O2.BrH/c1-4-13(2,3)11-17-12(15)5-6-14-7-9-16-10-8-14;1-5-10-8-6-7-9-11(10)15-12(14)13(2,3)4;1-2-6-11-7-3-10(4-8-11)5-9-11;1-5-6-10-7(9)8(2,3)4;1-5-9-6(8)7(2,3)4;1-3-4(5)6-2;/h4-11H2,1-3H3;6-9H,5H2,1-4H3;10H,2-9H2,1H3;5-6H2,1-4H3;5H2,1-4H3;3H2,1-2H3;1H/q;;+1;;;;/p-1. The number of esters is 4. The quantitative estimate of drug-likeness (QED) is 0.0763. The van der Waals surface area contributed by atoms with Gasteiger partial charge in [-0.05, 0) is 131 Å². The molecule has 4 fully saturated rings. The van der Waals surface area contributed by atoms with E-state index in [0.717, 1.165) is 69.3 Å². The molecule has 14 heteroatoms. The fourth-order valence-corrected chi connectivity index (χ4v) is 7.51. The Kier molecular flexibility index (Phi) is 38.2. The van der Waals surface area contributed by atoms with Gasteiger partial charge in [-0.15, -0.1) is 0 Å². The Morgan fingerprint density at radius 2 is 1.23 bits per heavy atom. The molecule has 12 nitrogen and oxygen atoms in total. The van der Waals surface area contributed by atoms with E-state index in [4.69, 9.17) is 18.9 Å². The minimum atomic E-state index is -0.457. The number of quaternary nitrogens is 1. The summed E-state index contributed by atoms with van der Waals surface area (Å²) >= 11 is 1.50. The smallest absolute Gasteiger partial charge is 0.316 e. The molecule has 404 valence electrons. The average molecular weight is 1060 g/mol. The van der Waals surface area contributed by atoms with Crippen LogP contribution in [0.25, 0.3) is 0 Å². The van der Waals surface area contributed by atoms with Gasteiger partial charge in [0.1, 0.15) is 5.75 Å². The first-order chi connectivity index (χ1) is 31.6. The third-order valence-corrected chi connectivity index (χ3v) is 13.1. The van der Waals surface area contributed by atoms with Gasteiger partial charge in [0.05, 0.1) is 76.0 Å². The summed E-state index contributed by atoms with van der Waals surface area (Å²) in [6, 6.07) is 7.64. The summed E-state index contributed by atoms with van der Waals surface area (Å²) in [7, 11) is 1.38. The Labute approximate surface area is 436 Å². The number of benzene rings is 1. The number of ether oxygens (including phenoxy) is 5. The molecule has 0 saturated carbocycles. The van der Waals surface area contributed by atoms with Crippen molar-refractivity contribution in [3.8, 4) is 5.75 Å². The molecule has 0 N–H and O–H groups in total. The number of carbonyl (C=O) groups is 5. The highest BCUT2D eigenvalue weighted by Gasteiger charge is 2.38. The van der Waals surface area contributed by atoms with Crippen LogP contribution >= 0.6 is 11.8 Å². The summed E-state index contributed by atoms with van der Waals surface area (Å²) in [5.74, 6) is 2.13. The highest BCUT2D eigenvalue weighted by atomic mass is 79.9. The lowest BCUT2D eigenvalue weighted by Gasteiger charge is -2.49. The first-order valence-electron chi connectivity index (χ1n) is 25.6. The molecule has 4 saturated heterocycles. The first kappa shape index (κ1) is 70.7. The summed E-state index contributed by atoms with van der Waals surface area (Å²) in [6.45, 7) is 44.6. The Morgan fingerprint density at radius 1 is 0.725 bits per heavy atom. The largest absolute Gasteiger partial charge is 1.00 e. The fraction of sp³-hybridized carbons (Fsp3) is 0.800. The number of thioether (sulfide) groups is 1. The third-order valence-electron chi connectivity index (χ3n) is 11.7. The summed E-state index contributed by atoms with van der Waals surface area (Å²) in [5, 5.41) is 0.331. The lowest BCUT2D eigenvalue weighted by Crippen LogP contribution is -3.00. The van der Waals surface area contributed by atoms with Crippen LogP contribution in [0.5, 0.6) is 5.75 Å². The number of nitrogens with zero attached hydrogens (tertiary/aromatic N) is 2. The van der Waals surface area contributed by atoms with Gasteiger partial charge in [0, 0.05) is 38.2 Å². The van der Waals surface area contributed by atoms with E-state index in [2.05, 4.69) is 37.3 Å². The lowest BCUT2D eigenvalue weighted by atomic mass is 9.85. The molecular formula is C55H101BrN2O10S. The Morgan fingerprint density at radius 3 is 1.62 bits per heavy atom. The van der Waals surface area contributed by atoms with Gasteiger partial charge in [-0.2, -0.15) is 0 Å². The number of halogens is 1. The van der Waals surface area contributed by atoms with E-state index in [9.17, 15) is 24.0 Å². The van der Waals surface area contributed by atoms with Gasteiger partial charge in [0.25, 0.3) is 0 Å². The average Bonchev–Trinajstić information content (AvgIpc) is 3.30. The number of hydrogen-bond donors (Lipinski definition) is 0. The van der Waals surface area contributed by atoms with Crippen LogP contribution in [0.2, 0.25) is 0 Å². The van der Waals surface area contributed by atoms with Gasteiger partial charge in [0.2, 0.25) is 0 Å². The molecule has 0 aliphatic carbocycles. The van der Waals surface area contributed by atoms with Crippen molar-refractivity contribution in [3.63, 3.8) is 0 Å². The Hall–Kier alpha value is -2.52. The molecule has 4 heterocycles. The molecule has 4 aliphatic heterocycles. The number of methoxy groups -OCH3 is 1. The highest BCUT2D eigenvalue weighted by molar-refractivity contribution is 8.13. The summed E-state index contributed by atoms with van der Waals surface area (Å²) < 4.78 is 26.1. The van der Waals surface area contributed by atoms with Gasteiger partial charge in [-0.3, -0.25) is 28.9 Å². The molecule has 1 aromatic rings. The van der Waals surface area contributed by atoms with Crippen molar-refractivity contribution in [2.45, 2.75) is 175 Å². The molecule has 4 aliphatic rings. The Balaban J connectivity index is -0.000000777. The maximum absolute atomic E-state index is 11.8. The van der Waals surface area contributed by atoms with Crippen LogP contribution in [0, 0.1) is 27.6 Å². The Bertz CT molecular complexity index is 1530. The zero-order valence-electron chi connectivity index (χ0n) is 47.0. The molecule has 0 amide bonds. The van der Waals surface area contributed by atoms with E-state index < -0.39 is 5.41 Å². The van der Waals surface area contributed by atoms with E-state index in [1.165, 1.54) is 75.2 Å². The maximum Gasteiger partial charge on any atom is 0.316 e. The van der Waals surface area contributed by atoms with Crippen LogP contribution in [-0.2, 0) is 49.3 Å². The van der Waals surface area contributed by atoms with Crippen LogP contribution in [-0.4, -0.2) is 123 Å². The summed E-state index contributed by atoms with van der Waals surface area (Å²) in [5.41, 5.74) is 0.181. The predicted octanol–water partition coefficient (Wildman–Crippen LogP) is 8.79. The molecule has 1 aromatic carbocycles. The van der Waals surface area contributed by atoms with Crippen molar-refractivity contribution < 1.29 is 69.1 Å². The molecule has 5 rings (SSSR count). The molecular weight excluding hydrogens is 961 g/mol. The number of aryl methyl sites for hydroxylation is 1. The van der Waals surface area contributed by atoms with Crippen molar-refractivity contribution in [3.05, 3.63) is 29.8 Å². The normalized spacial score (nSPS) is 17.5. The minimum Gasteiger partial charge on any atom is -1.00 e. The SMILES string of the molecule is CCC(=O)OC.CCC(C)(C)CSC(=O)CCN1CCOCC1.CCCOC(=O)C(C)(C)C.CCC[N+]12CCC(CC1)CC2.CCOC(=O)C(C)(C)C.CCc1ccccc1OC(=O)C(C)(C)C.[Br-]. The summed E-state index contributed by atoms with van der Waals surface area (Å²) in [4.78, 5) is 57.5. The van der Waals surface area contributed by atoms with Crippen LogP contribution in [0.15, 0.2) is 24.3 Å². The number of para-hydroxylation sites is 1. The van der Waals surface area contributed by atoms with Crippen LogP contribution in [0.4, 0.5) is 0 Å². The molecule has 69 heavy (non-hydrogen) atoms. The summed E-state index contributed by atoms with van der Waals surface area (Å²) in [6.07, 6.45) is 9.98. The second-order valence-corrected chi connectivity index (χ2v) is 22.8. The fourth-order valence-electron chi connectivity index (χ4n) is 6.52. The number of piperidine rings is 3. The third kappa shape index (κ3) is 34.5. The zero-order chi connectivity index (χ0) is 52.6. The van der Waals surface area contributed by atoms with E-state index in [-0.39, 0.29) is 57.1 Å². The van der Waals surface area contributed by atoms with Gasteiger partial charge >= 0.3 is 23.9 Å². The number of carbonyl (C=O) groups excluding carboxylic acids is 5. The van der Waals surface area contributed by atoms with Gasteiger partial charge in [0.15, 0.2) is 5.12 Å². The van der Waals surface area contributed by atoms with Crippen molar-refractivity contribution in [1.82, 2.24) is 4.90 Å². The second kappa shape index (κ2) is 37.3. The molecule has 0 radical (unpaired) electrons. The first-order valence-corrected chi connectivity index (χ1v) is 26.6. The highest BCUT2D eigenvalue weighted by Crippen LogP contribution is 2.33. The van der Waals surface area contributed by atoms with Crippen LogP contribution in [0.1, 0.15) is 175 Å². The monoisotopic (exact) mass is 1060 g/mol. The second-order valence-electron chi connectivity index (χ2n) is 21.7. The lowest BCUT2D eigenvalue weighted by molar-refractivity contribution is -0.942. The van der Waals surface area contributed by atoms with Crippen LogP contribution < -0.4 is 21.7 Å². The van der Waals surface area contributed by atoms with Crippen molar-refractivity contribution in [2.75, 3.05) is 85.1 Å². The zero-order valence-corrected chi connectivity index (χ0v) is 49.4. The van der Waals surface area contributed by atoms with Crippen molar-refractivity contribution in [1.29, 1.82) is 0 Å². The van der Waals surface area contributed by atoms with E-state index >= 15 is 0 Å². The number of rotatable bonds is 14. The minimum absolute atomic E-state index is 0. The van der Waals surface area contributed by atoms with E-state index in [1.807, 2.05) is 107 Å².